The summed E-state index contributed by atoms with van der Waals surface area (Å²) in [5.74, 6) is 0.702. The fourth-order valence-electron chi connectivity index (χ4n) is 1.87. The van der Waals surface area contributed by atoms with Gasteiger partial charge in [-0.1, -0.05) is 12.1 Å². The molecule has 21 heavy (non-hydrogen) atoms. The van der Waals surface area contributed by atoms with Crippen molar-refractivity contribution in [3.63, 3.8) is 0 Å². The number of halogens is 3. The van der Waals surface area contributed by atoms with Crippen LogP contribution < -0.4 is 4.74 Å². The summed E-state index contributed by atoms with van der Waals surface area (Å²) in [4.78, 5) is 4.12. The second-order valence-corrected chi connectivity index (χ2v) is 4.78. The third kappa shape index (κ3) is 4.77. The van der Waals surface area contributed by atoms with Gasteiger partial charge in [-0.3, -0.25) is 4.98 Å². The summed E-state index contributed by atoms with van der Waals surface area (Å²) in [5.41, 5.74) is 1.17. The van der Waals surface area contributed by atoms with Gasteiger partial charge in [0.05, 0.1) is 18.4 Å². The highest BCUT2D eigenvalue weighted by Crippen LogP contribution is 2.29. The van der Waals surface area contributed by atoms with Gasteiger partial charge in [0.2, 0.25) is 0 Å². The van der Waals surface area contributed by atoms with Crippen molar-refractivity contribution < 1.29 is 17.9 Å². The van der Waals surface area contributed by atoms with E-state index in [4.69, 9.17) is 4.74 Å². The highest BCUT2D eigenvalue weighted by atomic mass is 19.4. The van der Waals surface area contributed by atoms with E-state index in [1.165, 1.54) is 12.1 Å². The predicted octanol–water partition coefficient (Wildman–Crippen LogP) is 4.42. The van der Waals surface area contributed by atoms with Crippen molar-refractivity contribution in [3.05, 3.63) is 59.4 Å². The first-order valence-corrected chi connectivity index (χ1v) is 6.67. The van der Waals surface area contributed by atoms with E-state index < -0.39 is 11.7 Å². The Morgan fingerprint density at radius 2 is 1.76 bits per heavy atom. The average molecular weight is 295 g/mol. The molecule has 2 rings (SSSR count). The van der Waals surface area contributed by atoms with Gasteiger partial charge in [0, 0.05) is 5.69 Å². The summed E-state index contributed by atoms with van der Waals surface area (Å²) in [5, 5.41) is 0. The Morgan fingerprint density at radius 3 is 2.33 bits per heavy atom. The van der Waals surface area contributed by atoms with Gasteiger partial charge in [-0.15, -0.1) is 0 Å². The Labute approximate surface area is 121 Å². The van der Waals surface area contributed by atoms with Gasteiger partial charge in [0.15, 0.2) is 0 Å². The van der Waals surface area contributed by atoms with Crippen molar-refractivity contribution in [2.45, 2.75) is 25.9 Å². The van der Waals surface area contributed by atoms with Gasteiger partial charge in [-0.25, -0.2) is 0 Å². The molecule has 0 bridgehead atoms. The molecule has 0 unspecified atom stereocenters. The highest BCUT2D eigenvalue weighted by molar-refractivity contribution is 5.24. The number of benzene rings is 1. The molecular formula is C16H16F3NO. The third-order valence-corrected chi connectivity index (χ3v) is 3.04. The van der Waals surface area contributed by atoms with Gasteiger partial charge in [0.25, 0.3) is 0 Å². The molecule has 0 atom stereocenters. The quantitative estimate of drug-likeness (QED) is 0.762. The lowest BCUT2D eigenvalue weighted by Crippen LogP contribution is -2.05. The van der Waals surface area contributed by atoms with Crippen LogP contribution in [-0.4, -0.2) is 11.6 Å². The molecule has 5 heteroatoms. The van der Waals surface area contributed by atoms with Gasteiger partial charge in [-0.2, -0.15) is 13.2 Å². The van der Waals surface area contributed by atoms with E-state index in [-0.39, 0.29) is 0 Å². The molecule has 0 fully saturated rings. The molecule has 2 aromatic rings. The minimum atomic E-state index is -4.28. The summed E-state index contributed by atoms with van der Waals surface area (Å²) in [7, 11) is 0. The fraction of sp³-hybridized carbons (Fsp3) is 0.312. The van der Waals surface area contributed by atoms with Crippen LogP contribution in [0.25, 0.3) is 0 Å². The number of nitrogens with zero attached hydrogens (tertiary/aromatic N) is 1. The Morgan fingerprint density at radius 1 is 1.05 bits per heavy atom. The first-order chi connectivity index (χ1) is 9.95. The molecule has 0 spiro atoms. The van der Waals surface area contributed by atoms with Crippen LogP contribution in [0.5, 0.6) is 5.75 Å². The van der Waals surface area contributed by atoms with Crippen LogP contribution in [0.1, 0.15) is 23.2 Å². The van der Waals surface area contributed by atoms with E-state index in [2.05, 4.69) is 4.98 Å². The minimum absolute atomic E-state index is 0.506. The van der Waals surface area contributed by atoms with Crippen molar-refractivity contribution >= 4 is 0 Å². The standard InChI is InChI=1S/C16H16F3NO/c1-12-4-9-15(11-20-12)21-10-2-3-13-5-7-14(8-6-13)16(17,18)19/h4-9,11H,2-3,10H2,1H3. The molecule has 1 aromatic heterocycles. The lowest BCUT2D eigenvalue weighted by Gasteiger charge is -2.08. The topological polar surface area (TPSA) is 22.1 Å². The van der Waals surface area contributed by atoms with Crippen LogP contribution in [0.4, 0.5) is 13.2 Å². The number of pyridine rings is 1. The summed E-state index contributed by atoms with van der Waals surface area (Å²) in [6.07, 6.45) is -1.20. The van der Waals surface area contributed by atoms with E-state index >= 15 is 0 Å². The van der Waals surface area contributed by atoms with Gasteiger partial charge >= 0.3 is 6.18 Å². The summed E-state index contributed by atoms with van der Waals surface area (Å²) >= 11 is 0. The lowest BCUT2D eigenvalue weighted by atomic mass is 10.1. The molecule has 1 heterocycles. The molecule has 0 amide bonds. The van der Waals surface area contributed by atoms with E-state index in [9.17, 15) is 13.2 Å². The normalized spacial score (nSPS) is 11.4. The molecule has 112 valence electrons. The van der Waals surface area contributed by atoms with Crippen LogP contribution in [0.3, 0.4) is 0 Å². The zero-order valence-corrected chi connectivity index (χ0v) is 11.7. The second-order valence-electron chi connectivity index (χ2n) is 4.78. The molecule has 0 aliphatic carbocycles. The zero-order valence-electron chi connectivity index (χ0n) is 11.7. The van der Waals surface area contributed by atoms with Crippen LogP contribution in [0.2, 0.25) is 0 Å². The van der Waals surface area contributed by atoms with Crippen molar-refractivity contribution in [1.82, 2.24) is 4.98 Å². The van der Waals surface area contributed by atoms with Crippen molar-refractivity contribution in [2.75, 3.05) is 6.61 Å². The summed E-state index contributed by atoms with van der Waals surface area (Å²) in [6, 6.07) is 8.96. The second kappa shape index (κ2) is 6.61. The highest BCUT2D eigenvalue weighted by Gasteiger charge is 2.29. The maximum absolute atomic E-state index is 12.4. The molecule has 0 saturated heterocycles. The number of hydrogen-bond donors (Lipinski definition) is 0. The van der Waals surface area contributed by atoms with Crippen molar-refractivity contribution in [1.29, 1.82) is 0 Å². The van der Waals surface area contributed by atoms with E-state index in [0.717, 1.165) is 29.8 Å². The van der Waals surface area contributed by atoms with Gasteiger partial charge in [0.1, 0.15) is 5.75 Å². The molecule has 0 aliphatic rings. The van der Waals surface area contributed by atoms with Crippen LogP contribution in [-0.2, 0) is 12.6 Å². The number of aryl methyl sites for hydroxylation is 2. The monoisotopic (exact) mass is 295 g/mol. The molecular weight excluding hydrogens is 279 g/mol. The molecule has 2 nitrogen and oxygen atoms in total. The molecule has 0 saturated carbocycles. The molecule has 0 aliphatic heterocycles. The van der Waals surface area contributed by atoms with Crippen molar-refractivity contribution in [2.24, 2.45) is 0 Å². The Kier molecular flexibility index (Phi) is 4.83. The molecule has 0 N–H and O–H groups in total. The molecule has 0 radical (unpaired) electrons. The summed E-state index contributed by atoms with van der Waals surface area (Å²) in [6.45, 7) is 2.40. The van der Waals surface area contributed by atoms with E-state index in [1.54, 1.807) is 6.20 Å². The minimum Gasteiger partial charge on any atom is -0.492 e. The largest absolute Gasteiger partial charge is 0.492 e. The Balaban J connectivity index is 1.77. The number of ether oxygens (including phenoxy) is 1. The van der Waals surface area contributed by atoms with Crippen LogP contribution in [0, 0.1) is 6.92 Å². The van der Waals surface area contributed by atoms with Crippen molar-refractivity contribution in [3.8, 4) is 5.75 Å². The van der Waals surface area contributed by atoms with Gasteiger partial charge < -0.3 is 4.74 Å². The summed E-state index contributed by atoms with van der Waals surface area (Å²) < 4.78 is 42.8. The number of aromatic nitrogens is 1. The zero-order chi connectivity index (χ0) is 15.3. The number of alkyl halides is 3. The predicted molar refractivity (Wildman–Crippen MR) is 74.2 cm³/mol. The Bertz CT molecular complexity index is 562. The number of hydrogen-bond acceptors (Lipinski definition) is 2. The first kappa shape index (κ1) is 15.4. The average Bonchev–Trinajstić information content (AvgIpc) is 2.45. The number of rotatable bonds is 5. The SMILES string of the molecule is Cc1ccc(OCCCc2ccc(C(F)(F)F)cc2)cn1. The fourth-order valence-corrected chi connectivity index (χ4v) is 1.87. The Hall–Kier alpha value is -2.04. The first-order valence-electron chi connectivity index (χ1n) is 6.67. The smallest absolute Gasteiger partial charge is 0.416 e. The van der Waals surface area contributed by atoms with Gasteiger partial charge in [-0.05, 0) is 49.6 Å². The molecule has 1 aromatic carbocycles. The van der Waals surface area contributed by atoms with Crippen LogP contribution in [0.15, 0.2) is 42.6 Å². The van der Waals surface area contributed by atoms with E-state index in [0.29, 0.717) is 18.8 Å². The maximum Gasteiger partial charge on any atom is 0.416 e. The third-order valence-electron chi connectivity index (χ3n) is 3.04. The van der Waals surface area contributed by atoms with E-state index in [1.807, 2.05) is 19.1 Å². The maximum atomic E-state index is 12.4. The van der Waals surface area contributed by atoms with Crippen LogP contribution >= 0.6 is 0 Å². The lowest BCUT2D eigenvalue weighted by molar-refractivity contribution is -0.137.